The van der Waals surface area contributed by atoms with Crippen LogP contribution >= 0.6 is 0 Å². The lowest BCUT2D eigenvalue weighted by atomic mass is 10.1. The fourth-order valence-corrected chi connectivity index (χ4v) is 2.12. The number of esters is 1. The molecule has 120 valence electrons. The Morgan fingerprint density at radius 1 is 1.36 bits per heavy atom. The first-order valence-electron chi connectivity index (χ1n) is 7.25. The molecule has 2 rings (SSSR count). The zero-order chi connectivity index (χ0) is 16.3. The SMILES string of the molecule is CC(C)(C)OC(=O)c1cc(NC(=O)[C@H]2CCCO2)ccc1O. The molecule has 0 bridgehead atoms. The molecule has 1 atom stereocenters. The van der Waals surface area contributed by atoms with E-state index in [1.807, 2.05) is 0 Å². The number of benzene rings is 1. The summed E-state index contributed by atoms with van der Waals surface area (Å²) >= 11 is 0. The van der Waals surface area contributed by atoms with Crippen LogP contribution in [0.15, 0.2) is 18.2 Å². The molecule has 0 aliphatic carbocycles. The third-order valence-corrected chi connectivity index (χ3v) is 3.11. The molecule has 0 unspecified atom stereocenters. The van der Waals surface area contributed by atoms with Crippen molar-refractivity contribution >= 4 is 17.6 Å². The maximum absolute atomic E-state index is 12.1. The highest BCUT2D eigenvalue weighted by atomic mass is 16.6. The first kappa shape index (κ1) is 16.3. The van der Waals surface area contributed by atoms with Gasteiger partial charge in [0.05, 0.1) is 0 Å². The van der Waals surface area contributed by atoms with E-state index in [2.05, 4.69) is 5.32 Å². The van der Waals surface area contributed by atoms with Gasteiger partial charge >= 0.3 is 5.97 Å². The van der Waals surface area contributed by atoms with Gasteiger partial charge < -0.3 is 19.9 Å². The lowest BCUT2D eigenvalue weighted by molar-refractivity contribution is -0.124. The second kappa shape index (κ2) is 6.36. The molecular weight excluding hydrogens is 286 g/mol. The van der Waals surface area contributed by atoms with Crippen LogP contribution in [0.25, 0.3) is 0 Å². The van der Waals surface area contributed by atoms with Crippen LogP contribution in [0.1, 0.15) is 44.0 Å². The van der Waals surface area contributed by atoms with Crippen LogP contribution < -0.4 is 5.32 Å². The smallest absolute Gasteiger partial charge is 0.342 e. The summed E-state index contributed by atoms with van der Waals surface area (Å²) in [6.45, 7) is 5.80. The van der Waals surface area contributed by atoms with Crippen molar-refractivity contribution in [2.24, 2.45) is 0 Å². The monoisotopic (exact) mass is 307 g/mol. The normalized spacial score (nSPS) is 18.0. The number of carbonyl (C=O) groups is 2. The van der Waals surface area contributed by atoms with E-state index in [4.69, 9.17) is 9.47 Å². The molecule has 6 nitrogen and oxygen atoms in total. The molecule has 6 heteroatoms. The standard InChI is InChI=1S/C16H21NO5/c1-16(2,3)22-15(20)11-9-10(6-7-12(11)18)17-14(19)13-5-4-8-21-13/h6-7,9,13,18H,4-5,8H2,1-3H3,(H,17,19)/t13-/m1/s1. The highest BCUT2D eigenvalue weighted by molar-refractivity contribution is 5.98. The summed E-state index contributed by atoms with van der Waals surface area (Å²) < 4.78 is 10.5. The predicted molar refractivity (Wildman–Crippen MR) is 80.9 cm³/mol. The Bertz CT molecular complexity index is 570. The summed E-state index contributed by atoms with van der Waals surface area (Å²) in [6, 6.07) is 4.27. The van der Waals surface area contributed by atoms with Crippen molar-refractivity contribution in [2.75, 3.05) is 11.9 Å². The maximum Gasteiger partial charge on any atom is 0.342 e. The van der Waals surface area contributed by atoms with Gasteiger partial charge in [-0.05, 0) is 51.8 Å². The molecule has 1 heterocycles. The molecule has 2 N–H and O–H groups in total. The number of aromatic hydroxyl groups is 1. The molecule has 1 aromatic rings. The highest BCUT2D eigenvalue weighted by Crippen LogP contribution is 2.25. The van der Waals surface area contributed by atoms with E-state index >= 15 is 0 Å². The molecule has 1 aromatic carbocycles. The molecule has 1 aliphatic rings. The van der Waals surface area contributed by atoms with Gasteiger partial charge in [-0.2, -0.15) is 0 Å². The zero-order valence-electron chi connectivity index (χ0n) is 13.0. The maximum atomic E-state index is 12.1. The van der Waals surface area contributed by atoms with Crippen LogP contribution in [-0.2, 0) is 14.3 Å². The first-order chi connectivity index (χ1) is 10.3. The largest absolute Gasteiger partial charge is 0.507 e. The first-order valence-corrected chi connectivity index (χ1v) is 7.25. The Morgan fingerprint density at radius 3 is 2.68 bits per heavy atom. The quantitative estimate of drug-likeness (QED) is 0.662. The summed E-state index contributed by atoms with van der Waals surface area (Å²) in [4.78, 5) is 24.1. The number of phenolic OH excluding ortho intramolecular Hbond substituents is 1. The van der Waals surface area contributed by atoms with Crippen molar-refractivity contribution in [3.05, 3.63) is 23.8 Å². The number of nitrogens with one attached hydrogen (secondary N) is 1. The minimum Gasteiger partial charge on any atom is -0.507 e. The van der Waals surface area contributed by atoms with Crippen molar-refractivity contribution < 1.29 is 24.2 Å². The number of anilines is 1. The van der Waals surface area contributed by atoms with E-state index in [0.29, 0.717) is 18.7 Å². The van der Waals surface area contributed by atoms with Crippen molar-refractivity contribution in [2.45, 2.75) is 45.3 Å². The third-order valence-electron chi connectivity index (χ3n) is 3.11. The van der Waals surface area contributed by atoms with Gasteiger partial charge in [0.2, 0.25) is 0 Å². The Hall–Kier alpha value is -2.08. The van der Waals surface area contributed by atoms with Crippen LogP contribution in [0.3, 0.4) is 0 Å². The number of amides is 1. The summed E-state index contributed by atoms with van der Waals surface area (Å²) in [6.07, 6.45) is 1.08. The van der Waals surface area contributed by atoms with E-state index in [9.17, 15) is 14.7 Å². The summed E-state index contributed by atoms with van der Waals surface area (Å²) in [5.74, 6) is -1.08. The average Bonchev–Trinajstić information content (AvgIpc) is 2.93. The second-order valence-corrected chi connectivity index (χ2v) is 6.22. The topological polar surface area (TPSA) is 84.9 Å². The predicted octanol–water partition coefficient (Wildman–Crippen LogP) is 2.47. The summed E-state index contributed by atoms with van der Waals surface area (Å²) in [7, 11) is 0. The molecule has 0 radical (unpaired) electrons. The molecule has 1 amide bonds. The Morgan fingerprint density at radius 2 is 2.09 bits per heavy atom. The Balaban J connectivity index is 2.12. The van der Waals surface area contributed by atoms with Crippen molar-refractivity contribution in [1.29, 1.82) is 0 Å². The molecule has 1 saturated heterocycles. The van der Waals surface area contributed by atoms with Gasteiger partial charge in [-0.25, -0.2) is 4.79 Å². The van der Waals surface area contributed by atoms with Gasteiger partial charge in [-0.1, -0.05) is 0 Å². The number of hydrogen-bond acceptors (Lipinski definition) is 5. The van der Waals surface area contributed by atoms with Crippen LogP contribution in [0.4, 0.5) is 5.69 Å². The highest BCUT2D eigenvalue weighted by Gasteiger charge is 2.25. The number of hydrogen-bond donors (Lipinski definition) is 2. The van der Waals surface area contributed by atoms with Crippen molar-refractivity contribution in [3.8, 4) is 5.75 Å². The van der Waals surface area contributed by atoms with Crippen molar-refractivity contribution in [3.63, 3.8) is 0 Å². The number of phenols is 1. The van der Waals surface area contributed by atoms with Crippen LogP contribution in [0.2, 0.25) is 0 Å². The van der Waals surface area contributed by atoms with Crippen LogP contribution in [-0.4, -0.2) is 35.3 Å². The molecule has 0 aromatic heterocycles. The van der Waals surface area contributed by atoms with E-state index in [-0.39, 0.29) is 17.2 Å². The zero-order valence-corrected chi connectivity index (χ0v) is 13.0. The van der Waals surface area contributed by atoms with Gasteiger partial charge in [0.1, 0.15) is 23.0 Å². The second-order valence-electron chi connectivity index (χ2n) is 6.22. The van der Waals surface area contributed by atoms with E-state index in [1.54, 1.807) is 20.8 Å². The fourth-order valence-electron chi connectivity index (χ4n) is 2.12. The van der Waals surface area contributed by atoms with Gasteiger partial charge in [-0.3, -0.25) is 4.79 Å². The lowest BCUT2D eigenvalue weighted by Gasteiger charge is -2.20. The molecule has 1 aliphatic heterocycles. The Labute approximate surface area is 129 Å². The van der Waals surface area contributed by atoms with E-state index < -0.39 is 17.7 Å². The van der Waals surface area contributed by atoms with E-state index in [1.165, 1.54) is 18.2 Å². The third kappa shape index (κ3) is 4.21. The molecular formula is C16H21NO5. The Kier molecular flexibility index (Phi) is 4.71. The van der Waals surface area contributed by atoms with Gasteiger partial charge in [-0.15, -0.1) is 0 Å². The minimum absolute atomic E-state index is 0.0139. The lowest BCUT2D eigenvalue weighted by Crippen LogP contribution is -2.27. The molecule has 0 spiro atoms. The van der Waals surface area contributed by atoms with Gasteiger partial charge in [0.25, 0.3) is 5.91 Å². The summed E-state index contributed by atoms with van der Waals surface area (Å²) in [5.41, 5.74) is -0.236. The minimum atomic E-state index is -0.666. The number of ether oxygens (including phenoxy) is 2. The summed E-state index contributed by atoms with van der Waals surface area (Å²) in [5, 5.41) is 12.5. The van der Waals surface area contributed by atoms with Crippen LogP contribution in [0, 0.1) is 0 Å². The van der Waals surface area contributed by atoms with Crippen LogP contribution in [0.5, 0.6) is 5.75 Å². The van der Waals surface area contributed by atoms with Gasteiger partial charge in [0, 0.05) is 12.3 Å². The number of carbonyl (C=O) groups excluding carboxylic acids is 2. The number of rotatable bonds is 3. The molecule has 22 heavy (non-hydrogen) atoms. The van der Waals surface area contributed by atoms with Crippen molar-refractivity contribution in [1.82, 2.24) is 0 Å². The average molecular weight is 307 g/mol. The fraction of sp³-hybridized carbons (Fsp3) is 0.500. The molecule has 1 fully saturated rings. The molecule has 0 saturated carbocycles. The van der Waals surface area contributed by atoms with Gasteiger partial charge in [0.15, 0.2) is 0 Å². The van der Waals surface area contributed by atoms with E-state index in [0.717, 1.165) is 6.42 Å².